The van der Waals surface area contributed by atoms with Crippen LogP contribution in [0.25, 0.3) is 0 Å². The highest BCUT2D eigenvalue weighted by Gasteiger charge is 2.44. The van der Waals surface area contributed by atoms with Gasteiger partial charge in [0.25, 0.3) is 5.91 Å². The standard InChI is InChI=1S/C31H32Cl2N2O3/c1-34(30(37)22-7-3-2-4-8-22)21-25(23-11-12-27(32)28(33)19-23)13-16-35-17-14-31(15-18-35)26-10-6-5-9-24(26)20-29(36)38-31/h2-12,19,25H,13-18,20-21H2,1H3. The Morgan fingerprint density at radius 1 is 1.00 bits per heavy atom. The van der Waals surface area contributed by atoms with Crippen molar-refractivity contribution in [2.24, 2.45) is 0 Å². The first-order valence-corrected chi connectivity index (χ1v) is 13.9. The molecule has 1 saturated heterocycles. The van der Waals surface area contributed by atoms with Gasteiger partial charge in [-0.2, -0.15) is 0 Å². The number of rotatable bonds is 7. The summed E-state index contributed by atoms with van der Waals surface area (Å²) in [5, 5.41) is 1.04. The number of nitrogens with zero attached hydrogens (tertiary/aromatic N) is 2. The zero-order valence-electron chi connectivity index (χ0n) is 21.5. The van der Waals surface area contributed by atoms with E-state index in [1.807, 2.05) is 73.8 Å². The van der Waals surface area contributed by atoms with Crippen molar-refractivity contribution in [3.8, 4) is 0 Å². The molecule has 198 valence electrons. The summed E-state index contributed by atoms with van der Waals surface area (Å²) in [6, 6.07) is 23.3. The van der Waals surface area contributed by atoms with Crippen molar-refractivity contribution in [1.29, 1.82) is 0 Å². The maximum Gasteiger partial charge on any atom is 0.311 e. The van der Waals surface area contributed by atoms with Crippen LogP contribution in [0.1, 0.15) is 52.2 Å². The van der Waals surface area contributed by atoms with Crippen LogP contribution in [0.15, 0.2) is 72.8 Å². The van der Waals surface area contributed by atoms with Gasteiger partial charge in [-0.25, -0.2) is 0 Å². The van der Waals surface area contributed by atoms with Crippen LogP contribution in [-0.4, -0.2) is 54.9 Å². The molecule has 5 nitrogen and oxygen atoms in total. The molecule has 0 N–H and O–H groups in total. The van der Waals surface area contributed by atoms with Gasteiger partial charge in [-0.15, -0.1) is 0 Å². The Labute approximate surface area is 234 Å². The zero-order valence-corrected chi connectivity index (χ0v) is 23.0. The molecule has 0 radical (unpaired) electrons. The monoisotopic (exact) mass is 550 g/mol. The molecule has 5 rings (SSSR count). The number of likely N-dealkylation sites (tertiary alicyclic amines) is 1. The number of fused-ring (bicyclic) bond motifs is 2. The highest BCUT2D eigenvalue weighted by molar-refractivity contribution is 6.42. The second kappa shape index (κ2) is 11.5. The van der Waals surface area contributed by atoms with Crippen LogP contribution >= 0.6 is 23.2 Å². The number of amides is 1. The summed E-state index contributed by atoms with van der Waals surface area (Å²) in [5.41, 5.74) is 3.47. The number of hydrogen-bond donors (Lipinski definition) is 0. The normalized spacial score (nSPS) is 17.5. The van der Waals surface area contributed by atoms with E-state index in [-0.39, 0.29) is 17.8 Å². The summed E-state index contributed by atoms with van der Waals surface area (Å²) < 4.78 is 5.99. The lowest BCUT2D eigenvalue weighted by Gasteiger charge is -2.44. The minimum absolute atomic E-state index is 0.00615. The number of benzene rings is 3. The molecule has 1 unspecified atom stereocenters. The number of piperidine rings is 1. The minimum atomic E-state index is -0.520. The van der Waals surface area contributed by atoms with Gasteiger partial charge in [0.1, 0.15) is 5.60 Å². The highest BCUT2D eigenvalue weighted by Crippen LogP contribution is 2.42. The minimum Gasteiger partial charge on any atom is -0.454 e. The van der Waals surface area contributed by atoms with Gasteiger partial charge < -0.3 is 14.5 Å². The summed E-state index contributed by atoms with van der Waals surface area (Å²) in [4.78, 5) is 29.7. The van der Waals surface area contributed by atoms with E-state index in [2.05, 4.69) is 11.0 Å². The van der Waals surface area contributed by atoms with E-state index in [1.54, 1.807) is 4.90 Å². The van der Waals surface area contributed by atoms with Crippen molar-refractivity contribution >= 4 is 35.1 Å². The summed E-state index contributed by atoms with van der Waals surface area (Å²) in [5.74, 6) is -0.0529. The van der Waals surface area contributed by atoms with Gasteiger partial charge in [0.2, 0.25) is 0 Å². The number of likely N-dealkylation sites (N-methyl/N-ethyl adjacent to an activating group) is 1. The molecule has 3 aromatic carbocycles. The maximum absolute atomic E-state index is 13.1. The Morgan fingerprint density at radius 3 is 2.45 bits per heavy atom. The Bertz CT molecular complexity index is 1310. The molecule has 2 aliphatic rings. The Hall–Kier alpha value is -2.86. The smallest absolute Gasteiger partial charge is 0.311 e. The van der Waals surface area contributed by atoms with Gasteiger partial charge >= 0.3 is 5.97 Å². The molecule has 38 heavy (non-hydrogen) atoms. The molecular weight excluding hydrogens is 519 g/mol. The summed E-state index contributed by atoms with van der Waals surface area (Å²) >= 11 is 12.6. The third-order valence-electron chi connectivity index (χ3n) is 7.89. The largest absolute Gasteiger partial charge is 0.454 e. The molecule has 1 fully saturated rings. The van der Waals surface area contributed by atoms with Crippen LogP contribution in [-0.2, 0) is 21.6 Å². The molecule has 7 heteroatoms. The Morgan fingerprint density at radius 2 is 1.71 bits per heavy atom. The zero-order chi connectivity index (χ0) is 26.7. The van der Waals surface area contributed by atoms with Crippen LogP contribution < -0.4 is 0 Å². The van der Waals surface area contributed by atoms with Gasteiger partial charge in [-0.05, 0) is 53.9 Å². The van der Waals surface area contributed by atoms with Crippen molar-refractivity contribution in [1.82, 2.24) is 9.80 Å². The topological polar surface area (TPSA) is 49.9 Å². The van der Waals surface area contributed by atoms with E-state index in [0.717, 1.165) is 55.6 Å². The number of esters is 1. The molecular formula is C31H32Cl2N2O3. The van der Waals surface area contributed by atoms with E-state index >= 15 is 0 Å². The lowest BCUT2D eigenvalue weighted by atomic mass is 9.79. The maximum atomic E-state index is 13.1. The molecule has 0 bridgehead atoms. The average molecular weight is 552 g/mol. The fraction of sp³-hybridized carbons (Fsp3) is 0.355. The molecule has 1 amide bonds. The van der Waals surface area contributed by atoms with Crippen LogP contribution in [0.3, 0.4) is 0 Å². The van der Waals surface area contributed by atoms with Crippen molar-refractivity contribution in [3.05, 3.63) is 105 Å². The molecule has 2 heterocycles. The molecule has 0 aromatic heterocycles. The second-order valence-corrected chi connectivity index (χ2v) is 11.2. The van der Waals surface area contributed by atoms with Crippen molar-refractivity contribution in [2.75, 3.05) is 33.2 Å². The van der Waals surface area contributed by atoms with E-state index < -0.39 is 5.60 Å². The van der Waals surface area contributed by atoms with E-state index in [9.17, 15) is 9.59 Å². The van der Waals surface area contributed by atoms with E-state index in [1.165, 1.54) is 0 Å². The summed E-state index contributed by atoms with van der Waals surface area (Å²) in [6.07, 6.45) is 2.76. The summed E-state index contributed by atoms with van der Waals surface area (Å²) in [6.45, 7) is 3.11. The number of hydrogen-bond acceptors (Lipinski definition) is 4. The first-order valence-electron chi connectivity index (χ1n) is 13.1. The van der Waals surface area contributed by atoms with Gasteiger partial charge in [0, 0.05) is 51.0 Å². The Kier molecular flexibility index (Phi) is 8.08. The third-order valence-corrected chi connectivity index (χ3v) is 8.63. The van der Waals surface area contributed by atoms with Gasteiger partial charge in [-0.3, -0.25) is 9.59 Å². The molecule has 0 saturated carbocycles. The lowest BCUT2D eigenvalue weighted by molar-refractivity contribution is -0.169. The lowest BCUT2D eigenvalue weighted by Crippen LogP contribution is -2.48. The van der Waals surface area contributed by atoms with Crippen LogP contribution in [0, 0.1) is 0 Å². The fourth-order valence-corrected chi connectivity index (χ4v) is 6.08. The average Bonchev–Trinajstić information content (AvgIpc) is 2.93. The van der Waals surface area contributed by atoms with Gasteiger partial charge in [-0.1, -0.05) is 71.7 Å². The van der Waals surface area contributed by atoms with Gasteiger partial charge in [0.15, 0.2) is 0 Å². The molecule has 1 spiro atoms. The number of carbonyl (C=O) groups excluding carboxylic acids is 2. The Balaban J connectivity index is 1.27. The predicted molar refractivity (Wildman–Crippen MR) is 151 cm³/mol. The van der Waals surface area contributed by atoms with Crippen LogP contribution in [0.4, 0.5) is 0 Å². The number of ether oxygens (including phenoxy) is 1. The highest BCUT2D eigenvalue weighted by atomic mass is 35.5. The van der Waals surface area contributed by atoms with Crippen molar-refractivity contribution in [3.63, 3.8) is 0 Å². The molecule has 0 aliphatic carbocycles. The molecule has 3 aromatic rings. The first kappa shape index (κ1) is 26.7. The van der Waals surface area contributed by atoms with Gasteiger partial charge in [0.05, 0.1) is 16.5 Å². The predicted octanol–water partition coefficient (Wildman–Crippen LogP) is 6.33. The first-order chi connectivity index (χ1) is 18.3. The summed E-state index contributed by atoms with van der Waals surface area (Å²) in [7, 11) is 1.85. The quantitative estimate of drug-likeness (QED) is 0.322. The van der Waals surface area contributed by atoms with E-state index in [0.29, 0.717) is 28.6 Å². The SMILES string of the molecule is CN(CC(CCN1CCC2(CC1)OC(=O)Cc1ccccc12)c1ccc(Cl)c(Cl)c1)C(=O)c1ccccc1. The van der Waals surface area contributed by atoms with Crippen LogP contribution in [0.2, 0.25) is 10.0 Å². The third kappa shape index (κ3) is 5.75. The molecule has 1 atom stereocenters. The number of halogens is 2. The van der Waals surface area contributed by atoms with Crippen molar-refractivity contribution < 1.29 is 14.3 Å². The number of carbonyl (C=O) groups is 2. The fourth-order valence-electron chi connectivity index (χ4n) is 5.78. The van der Waals surface area contributed by atoms with E-state index in [4.69, 9.17) is 27.9 Å². The van der Waals surface area contributed by atoms with Crippen molar-refractivity contribution in [2.45, 2.75) is 37.2 Å². The second-order valence-electron chi connectivity index (χ2n) is 10.4. The molecule has 2 aliphatic heterocycles. The van der Waals surface area contributed by atoms with Crippen LogP contribution in [0.5, 0.6) is 0 Å².